The average Bonchev–Trinajstić information content (AvgIpc) is 3.04. The molecule has 2 aromatic heterocycles. The van der Waals surface area contributed by atoms with Crippen LogP contribution in [0, 0.1) is 13.8 Å². The number of carbonyl (C=O) groups is 1. The van der Waals surface area contributed by atoms with Crippen LogP contribution in [-0.4, -0.2) is 21.5 Å². The largest absolute Gasteiger partial charge is 0.352 e. The zero-order valence-electron chi connectivity index (χ0n) is 15.5. The van der Waals surface area contributed by atoms with Gasteiger partial charge < -0.3 is 5.32 Å². The van der Waals surface area contributed by atoms with Gasteiger partial charge in [-0.15, -0.1) is 11.3 Å². The van der Waals surface area contributed by atoms with Crippen LogP contribution in [0.3, 0.4) is 0 Å². The maximum absolute atomic E-state index is 13.0. The van der Waals surface area contributed by atoms with Crippen LogP contribution in [0.4, 0.5) is 0 Å². The van der Waals surface area contributed by atoms with E-state index in [1.807, 2.05) is 25.3 Å². The van der Waals surface area contributed by atoms with E-state index in [0.29, 0.717) is 10.2 Å². The van der Waals surface area contributed by atoms with Gasteiger partial charge in [0.2, 0.25) is 5.91 Å². The molecule has 136 valence electrons. The Kier molecular flexibility index (Phi) is 5.23. The molecule has 1 amide bonds. The number of benzene rings is 1. The molecule has 0 aliphatic carbocycles. The molecular formula is C20H23N3O2S. The molecule has 0 fully saturated rings. The lowest BCUT2D eigenvalue weighted by Gasteiger charge is -2.12. The molecule has 0 saturated heterocycles. The molecule has 0 aliphatic heterocycles. The Morgan fingerprint density at radius 2 is 2.08 bits per heavy atom. The summed E-state index contributed by atoms with van der Waals surface area (Å²) in [5.74, 6) is -0.175. The van der Waals surface area contributed by atoms with E-state index >= 15 is 0 Å². The third-order valence-electron chi connectivity index (χ3n) is 4.71. The summed E-state index contributed by atoms with van der Waals surface area (Å²) < 4.78 is 1.39. The number of nitrogens with one attached hydrogen (secondary N) is 1. The van der Waals surface area contributed by atoms with Crippen LogP contribution in [0.5, 0.6) is 0 Å². The van der Waals surface area contributed by atoms with E-state index < -0.39 is 0 Å². The predicted octanol–water partition coefficient (Wildman–Crippen LogP) is 3.66. The molecular weight excluding hydrogens is 346 g/mol. The molecule has 6 heteroatoms. The van der Waals surface area contributed by atoms with Crippen molar-refractivity contribution < 1.29 is 4.79 Å². The van der Waals surface area contributed by atoms with Gasteiger partial charge in [-0.3, -0.25) is 14.2 Å². The fraction of sp³-hybridized carbons (Fsp3) is 0.350. The Labute approximate surface area is 156 Å². The van der Waals surface area contributed by atoms with Crippen molar-refractivity contribution in [3.8, 4) is 11.1 Å². The highest BCUT2D eigenvalue weighted by Gasteiger charge is 2.15. The number of rotatable bonds is 5. The first-order chi connectivity index (χ1) is 12.4. The summed E-state index contributed by atoms with van der Waals surface area (Å²) in [5.41, 5.74) is 4.09. The third-order valence-corrected chi connectivity index (χ3v) is 5.60. The van der Waals surface area contributed by atoms with E-state index in [2.05, 4.69) is 36.3 Å². The topological polar surface area (TPSA) is 64.0 Å². The average molecular weight is 369 g/mol. The van der Waals surface area contributed by atoms with Crippen LogP contribution in [0.15, 0.2) is 34.7 Å². The molecule has 0 unspecified atom stereocenters. The van der Waals surface area contributed by atoms with Crippen LogP contribution in [0.2, 0.25) is 0 Å². The van der Waals surface area contributed by atoms with E-state index in [1.54, 1.807) is 0 Å². The van der Waals surface area contributed by atoms with Crippen molar-refractivity contribution in [1.29, 1.82) is 0 Å². The number of hydrogen-bond acceptors (Lipinski definition) is 4. The monoisotopic (exact) mass is 369 g/mol. The minimum absolute atomic E-state index is 0.0195. The molecule has 0 spiro atoms. The highest BCUT2D eigenvalue weighted by molar-refractivity contribution is 7.17. The van der Waals surface area contributed by atoms with Gasteiger partial charge in [0.25, 0.3) is 5.56 Å². The smallest absolute Gasteiger partial charge is 0.263 e. The Morgan fingerprint density at radius 1 is 1.31 bits per heavy atom. The second-order valence-corrected chi connectivity index (χ2v) is 7.54. The Bertz CT molecular complexity index is 1020. The molecule has 1 atom stereocenters. The molecule has 3 rings (SSSR count). The first-order valence-corrected chi connectivity index (χ1v) is 9.62. The number of amides is 1. The second-order valence-electron chi connectivity index (χ2n) is 6.68. The van der Waals surface area contributed by atoms with Gasteiger partial charge in [0.1, 0.15) is 11.4 Å². The Balaban J connectivity index is 2.02. The lowest BCUT2D eigenvalue weighted by Crippen LogP contribution is -2.37. The van der Waals surface area contributed by atoms with Crippen LogP contribution < -0.4 is 10.9 Å². The maximum atomic E-state index is 13.0. The van der Waals surface area contributed by atoms with E-state index in [0.717, 1.165) is 17.5 Å². The van der Waals surface area contributed by atoms with Crippen molar-refractivity contribution in [3.05, 3.63) is 51.4 Å². The first-order valence-electron chi connectivity index (χ1n) is 8.74. The number of fused-ring (bicyclic) bond motifs is 1. The molecule has 1 aromatic carbocycles. The van der Waals surface area contributed by atoms with Crippen molar-refractivity contribution in [2.75, 3.05) is 0 Å². The number of carbonyl (C=O) groups excluding carboxylic acids is 1. The molecule has 3 aromatic rings. The minimum atomic E-state index is -0.177. The summed E-state index contributed by atoms with van der Waals surface area (Å²) in [6.45, 7) is 8.05. The molecule has 0 radical (unpaired) electrons. The van der Waals surface area contributed by atoms with Crippen molar-refractivity contribution in [2.45, 2.75) is 46.7 Å². The van der Waals surface area contributed by atoms with Gasteiger partial charge in [-0.25, -0.2) is 4.98 Å². The van der Waals surface area contributed by atoms with Gasteiger partial charge in [0.15, 0.2) is 0 Å². The van der Waals surface area contributed by atoms with Crippen LogP contribution in [0.25, 0.3) is 21.3 Å². The van der Waals surface area contributed by atoms with Gasteiger partial charge in [-0.1, -0.05) is 25.1 Å². The summed E-state index contributed by atoms with van der Waals surface area (Å²) >= 11 is 1.45. The van der Waals surface area contributed by atoms with Gasteiger partial charge in [-0.2, -0.15) is 0 Å². The maximum Gasteiger partial charge on any atom is 0.263 e. The van der Waals surface area contributed by atoms with E-state index in [-0.39, 0.29) is 24.1 Å². The summed E-state index contributed by atoms with van der Waals surface area (Å²) in [6, 6.07) is 6.25. The number of aryl methyl sites for hydroxylation is 2. The molecule has 26 heavy (non-hydrogen) atoms. The van der Waals surface area contributed by atoms with E-state index in [1.165, 1.54) is 33.4 Å². The van der Waals surface area contributed by atoms with Crippen molar-refractivity contribution in [1.82, 2.24) is 14.9 Å². The van der Waals surface area contributed by atoms with Crippen molar-refractivity contribution in [3.63, 3.8) is 0 Å². The van der Waals surface area contributed by atoms with Gasteiger partial charge in [-0.05, 0) is 43.9 Å². The third kappa shape index (κ3) is 3.55. The van der Waals surface area contributed by atoms with Crippen molar-refractivity contribution >= 4 is 27.5 Å². The quantitative estimate of drug-likeness (QED) is 0.746. The molecule has 2 heterocycles. The minimum Gasteiger partial charge on any atom is -0.352 e. The number of thiophene rings is 1. The summed E-state index contributed by atoms with van der Waals surface area (Å²) in [7, 11) is 0. The van der Waals surface area contributed by atoms with Crippen molar-refractivity contribution in [2.24, 2.45) is 0 Å². The number of hydrogen-bond donors (Lipinski definition) is 1. The molecule has 0 saturated carbocycles. The first kappa shape index (κ1) is 18.3. The second kappa shape index (κ2) is 7.41. The lowest BCUT2D eigenvalue weighted by molar-refractivity contribution is -0.122. The normalized spacial score (nSPS) is 12.3. The van der Waals surface area contributed by atoms with Crippen LogP contribution >= 0.6 is 11.3 Å². The zero-order chi connectivity index (χ0) is 18.8. The van der Waals surface area contributed by atoms with Gasteiger partial charge in [0.05, 0.1) is 11.7 Å². The summed E-state index contributed by atoms with van der Waals surface area (Å²) in [4.78, 5) is 30.2. The Morgan fingerprint density at radius 3 is 2.77 bits per heavy atom. The van der Waals surface area contributed by atoms with E-state index in [4.69, 9.17) is 0 Å². The lowest BCUT2D eigenvalue weighted by atomic mass is 10.0. The molecule has 5 nitrogen and oxygen atoms in total. The summed E-state index contributed by atoms with van der Waals surface area (Å²) in [6.07, 6.45) is 2.31. The Hall–Kier alpha value is -2.47. The SMILES string of the molecule is CC[C@@H](C)NC(=O)Cn1cnc2scc(-c3ccc(C)c(C)c3)c2c1=O. The van der Waals surface area contributed by atoms with Crippen LogP contribution in [-0.2, 0) is 11.3 Å². The molecule has 0 aliphatic rings. The van der Waals surface area contributed by atoms with Crippen LogP contribution in [0.1, 0.15) is 31.4 Å². The number of nitrogens with zero attached hydrogens (tertiary/aromatic N) is 2. The molecule has 1 N–H and O–H groups in total. The number of aromatic nitrogens is 2. The standard InChI is InChI=1S/C20H23N3O2S/c1-5-14(4)22-17(24)9-23-11-21-19-18(20(23)25)16(10-26-19)15-7-6-12(2)13(3)8-15/h6-8,10-11,14H,5,9H2,1-4H3,(H,22,24)/t14-/m1/s1. The van der Waals surface area contributed by atoms with E-state index in [9.17, 15) is 9.59 Å². The molecule has 0 bridgehead atoms. The zero-order valence-corrected chi connectivity index (χ0v) is 16.3. The highest BCUT2D eigenvalue weighted by atomic mass is 32.1. The van der Waals surface area contributed by atoms with Gasteiger partial charge in [0, 0.05) is 17.0 Å². The summed E-state index contributed by atoms with van der Waals surface area (Å²) in [5, 5.41) is 5.43. The van der Waals surface area contributed by atoms with Gasteiger partial charge >= 0.3 is 0 Å². The highest BCUT2D eigenvalue weighted by Crippen LogP contribution is 2.31. The fourth-order valence-electron chi connectivity index (χ4n) is 2.78. The fourth-order valence-corrected chi connectivity index (χ4v) is 3.69. The predicted molar refractivity (Wildman–Crippen MR) is 107 cm³/mol.